The fourth-order valence-electron chi connectivity index (χ4n) is 3.03. The third kappa shape index (κ3) is 3.07. The second-order valence-corrected chi connectivity index (χ2v) is 5.78. The number of fused-ring (bicyclic) bond motifs is 1. The zero-order valence-corrected chi connectivity index (χ0v) is 12.9. The molecule has 23 heavy (non-hydrogen) atoms. The highest BCUT2D eigenvalue weighted by atomic mass is 16.5. The Kier molecular flexibility index (Phi) is 3.98. The quantitative estimate of drug-likeness (QED) is 0.917. The van der Waals surface area contributed by atoms with Crippen LogP contribution in [-0.2, 0) is 6.42 Å². The van der Waals surface area contributed by atoms with E-state index in [1.807, 2.05) is 18.2 Å². The first-order valence-corrected chi connectivity index (χ1v) is 8.04. The molecule has 0 amide bonds. The number of rotatable bonds is 4. The number of aromatic nitrogens is 2. The number of hydrogen-bond acceptors (Lipinski definition) is 6. The fourth-order valence-corrected chi connectivity index (χ4v) is 3.03. The number of anilines is 1. The number of piperazine rings is 1. The van der Waals surface area contributed by atoms with Gasteiger partial charge in [0.25, 0.3) is 5.88 Å². The van der Waals surface area contributed by atoms with E-state index < -0.39 is 0 Å². The normalized spacial score (nSPS) is 20.0. The van der Waals surface area contributed by atoms with Crippen molar-refractivity contribution in [1.29, 1.82) is 0 Å². The molecule has 1 aromatic carbocycles. The lowest BCUT2D eigenvalue weighted by Crippen LogP contribution is -2.44. The highest BCUT2D eigenvalue weighted by molar-refractivity contribution is 5.48. The van der Waals surface area contributed by atoms with Crippen molar-refractivity contribution in [2.75, 3.05) is 37.7 Å². The van der Waals surface area contributed by atoms with Crippen molar-refractivity contribution in [1.82, 2.24) is 15.3 Å². The summed E-state index contributed by atoms with van der Waals surface area (Å²) in [5.74, 6) is 2.38. The number of benzene rings is 1. The van der Waals surface area contributed by atoms with Gasteiger partial charge in [0, 0.05) is 45.0 Å². The molecule has 0 bridgehead atoms. The minimum atomic E-state index is 0.0327. The Bertz CT molecular complexity index is 648. The average Bonchev–Trinajstić information content (AvgIpc) is 3.04. The summed E-state index contributed by atoms with van der Waals surface area (Å²) < 4.78 is 11.9. The molecule has 4 rings (SSSR count). The van der Waals surface area contributed by atoms with Crippen LogP contribution in [0, 0.1) is 0 Å². The van der Waals surface area contributed by atoms with Gasteiger partial charge in [0.15, 0.2) is 5.82 Å². The van der Waals surface area contributed by atoms with E-state index in [4.69, 9.17) is 9.47 Å². The maximum Gasteiger partial charge on any atom is 0.257 e. The van der Waals surface area contributed by atoms with Gasteiger partial charge in [0.05, 0.1) is 0 Å². The van der Waals surface area contributed by atoms with E-state index in [9.17, 15) is 0 Å². The van der Waals surface area contributed by atoms with Crippen LogP contribution in [0.25, 0.3) is 0 Å². The van der Waals surface area contributed by atoms with Gasteiger partial charge in [-0.3, -0.25) is 0 Å². The molecular weight excluding hydrogens is 292 g/mol. The Labute approximate surface area is 135 Å². The number of para-hydroxylation sites is 1. The van der Waals surface area contributed by atoms with Crippen molar-refractivity contribution in [2.45, 2.75) is 12.5 Å². The molecule has 1 fully saturated rings. The lowest BCUT2D eigenvalue weighted by Gasteiger charge is -2.29. The summed E-state index contributed by atoms with van der Waals surface area (Å²) in [5.41, 5.74) is 1.24. The first kappa shape index (κ1) is 14.3. The maximum atomic E-state index is 5.94. The molecule has 120 valence electrons. The number of nitrogens with one attached hydrogen (secondary N) is 1. The monoisotopic (exact) mass is 312 g/mol. The lowest BCUT2D eigenvalue weighted by atomic mass is 10.1. The second-order valence-electron chi connectivity index (χ2n) is 5.78. The van der Waals surface area contributed by atoms with Crippen LogP contribution in [0.15, 0.2) is 36.7 Å². The van der Waals surface area contributed by atoms with E-state index in [0.29, 0.717) is 12.5 Å². The molecule has 2 aliphatic rings. The molecule has 2 aliphatic heterocycles. The van der Waals surface area contributed by atoms with Gasteiger partial charge in [-0.2, -0.15) is 0 Å². The third-order valence-corrected chi connectivity index (χ3v) is 4.18. The van der Waals surface area contributed by atoms with E-state index in [0.717, 1.165) is 44.2 Å². The molecule has 1 aromatic heterocycles. The molecule has 0 saturated carbocycles. The highest BCUT2D eigenvalue weighted by Gasteiger charge is 2.24. The summed E-state index contributed by atoms with van der Waals surface area (Å²) in [7, 11) is 0. The van der Waals surface area contributed by atoms with Crippen LogP contribution in [0.5, 0.6) is 11.6 Å². The van der Waals surface area contributed by atoms with Gasteiger partial charge in [-0.1, -0.05) is 18.2 Å². The van der Waals surface area contributed by atoms with Crippen molar-refractivity contribution in [3.05, 3.63) is 42.2 Å². The Morgan fingerprint density at radius 2 is 2.00 bits per heavy atom. The van der Waals surface area contributed by atoms with Crippen LogP contribution in [-0.4, -0.2) is 48.9 Å². The molecule has 6 nitrogen and oxygen atoms in total. The molecule has 1 N–H and O–H groups in total. The number of ether oxygens (including phenoxy) is 2. The predicted octanol–water partition coefficient (Wildman–Crippen LogP) is 1.27. The van der Waals surface area contributed by atoms with Gasteiger partial charge in [-0.15, -0.1) is 0 Å². The minimum Gasteiger partial charge on any atom is -0.486 e. The van der Waals surface area contributed by atoms with Gasteiger partial charge in [-0.05, 0) is 11.6 Å². The van der Waals surface area contributed by atoms with Crippen LogP contribution in [0.4, 0.5) is 5.82 Å². The van der Waals surface area contributed by atoms with Crippen molar-refractivity contribution in [2.24, 2.45) is 0 Å². The van der Waals surface area contributed by atoms with E-state index in [1.165, 1.54) is 5.56 Å². The van der Waals surface area contributed by atoms with Crippen LogP contribution >= 0.6 is 0 Å². The third-order valence-electron chi connectivity index (χ3n) is 4.18. The topological polar surface area (TPSA) is 59.5 Å². The number of nitrogens with zero attached hydrogens (tertiary/aromatic N) is 3. The van der Waals surface area contributed by atoms with Gasteiger partial charge >= 0.3 is 0 Å². The van der Waals surface area contributed by atoms with E-state index in [-0.39, 0.29) is 6.10 Å². The average molecular weight is 312 g/mol. The molecule has 1 unspecified atom stereocenters. The SMILES string of the molecule is c1ccc2c(c1)CC(COc1nccnc1N1CCNCC1)O2. The maximum absolute atomic E-state index is 5.94. The van der Waals surface area contributed by atoms with E-state index >= 15 is 0 Å². The second kappa shape index (κ2) is 6.42. The van der Waals surface area contributed by atoms with Crippen molar-refractivity contribution >= 4 is 5.82 Å². The highest BCUT2D eigenvalue weighted by Crippen LogP contribution is 2.29. The Balaban J connectivity index is 1.42. The van der Waals surface area contributed by atoms with Gasteiger partial charge in [0.2, 0.25) is 0 Å². The molecule has 0 aliphatic carbocycles. The molecular formula is C17H20N4O2. The molecule has 3 heterocycles. The van der Waals surface area contributed by atoms with Crippen molar-refractivity contribution in [3.8, 4) is 11.6 Å². The van der Waals surface area contributed by atoms with Crippen LogP contribution < -0.4 is 19.7 Å². The summed E-state index contributed by atoms with van der Waals surface area (Å²) in [4.78, 5) is 11.0. The van der Waals surface area contributed by atoms with Crippen LogP contribution in [0.3, 0.4) is 0 Å². The summed E-state index contributed by atoms with van der Waals surface area (Å²) in [6.45, 7) is 4.22. The summed E-state index contributed by atoms with van der Waals surface area (Å²) in [6.07, 6.45) is 4.29. The van der Waals surface area contributed by atoms with Gasteiger partial charge in [-0.25, -0.2) is 9.97 Å². The molecule has 2 aromatic rings. The van der Waals surface area contributed by atoms with Crippen molar-refractivity contribution < 1.29 is 9.47 Å². The number of hydrogen-bond donors (Lipinski definition) is 1. The van der Waals surface area contributed by atoms with Crippen LogP contribution in [0.1, 0.15) is 5.56 Å². The molecule has 0 radical (unpaired) electrons. The molecule has 0 spiro atoms. The molecule has 1 atom stereocenters. The predicted molar refractivity (Wildman–Crippen MR) is 87.2 cm³/mol. The summed E-state index contributed by atoms with van der Waals surface area (Å²) in [6, 6.07) is 8.14. The Morgan fingerprint density at radius 3 is 2.87 bits per heavy atom. The van der Waals surface area contributed by atoms with E-state index in [2.05, 4.69) is 26.3 Å². The Hall–Kier alpha value is -2.34. The minimum absolute atomic E-state index is 0.0327. The standard InChI is InChI=1S/C17H20N4O2/c1-2-4-15-13(3-1)11-14(23-15)12-22-17-16(19-5-6-20-17)21-9-7-18-8-10-21/h1-6,14,18H,7-12H2. The van der Waals surface area contributed by atoms with Gasteiger partial charge in [0.1, 0.15) is 18.5 Å². The Morgan fingerprint density at radius 1 is 1.17 bits per heavy atom. The summed E-state index contributed by atoms with van der Waals surface area (Å²) >= 11 is 0. The van der Waals surface area contributed by atoms with Crippen molar-refractivity contribution in [3.63, 3.8) is 0 Å². The van der Waals surface area contributed by atoms with Gasteiger partial charge < -0.3 is 19.7 Å². The van der Waals surface area contributed by atoms with E-state index in [1.54, 1.807) is 12.4 Å². The lowest BCUT2D eigenvalue weighted by molar-refractivity contribution is 0.145. The molecule has 1 saturated heterocycles. The van der Waals surface area contributed by atoms with Crippen LogP contribution in [0.2, 0.25) is 0 Å². The fraction of sp³-hybridized carbons (Fsp3) is 0.412. The molecule has 6 heteroatoms. The summed E-state index contributed by atoms with van der Waals surface area (Å²) in [5, 5.41) is 3.34. The largest absolute Gasteiger partial charge is 0.486 e. The zero-order valence-electron chi connectivity index (χ0n) is 12.9. The zero-order chi connectivity index (χ0) is 15.5. The first-order chi connectivity index (χ1) is 11.4. The first-order valence-electron chi connectivity index (χ1n) is 8.04. The smallest absolute Gasteiger partial charge is 0.257 e.